The van der Waals surface area contributed by atoms with Gasteiger partial charge in [0.1, 0.15) is 91.4 Å². The van der Waals surface area contributed by atoms with Crippen molar-refractivity contribution in [1.82, 2.24) is 16.0 Å². The summed E-state index contributed by atoms with van der Waals surface area (Å²) in [5.74, 6) is -2.34. The van der Waals surface area contributed by atoms with Crippen molar-refractivity contribution in [3.05, 3.63) is 0 Å². The van der Waals surface area contributed by atoms with Crippen LogP contribution in [0, 0.1) is 0 Å². The molecule has 0 aromatic heterocycles. The van der Waals surface area contributed by atoms with E-state index in [0.29, 0.717) is 0 Å². The number of hydrogen-bond donors (Lipinski definition) is 14. The maximum Gasteiger partial charge on any atom is 0.397 e. The summed E-state index contributed by atoms with van der Waals surface area (Å²) >= 11 is 0. The third kappa shape index (κ3) is 11.5. The largest absolute Gasteiger partial charge is 0.397 e. The van der Waals surface area contributed by atoms with Crippen LogP contribution in [0.3, 0.4) is 0 Å². The van der Waals surface area contributed by atoms with Crippen LogP contribution < -0.4 is 21.7 Å². The zero-order chi connectivity index (χ0) is 43.4. The van der Waals surface area contributed by atoms with E-state index in [0.717, 1.165) is 20.8 Å². The molecule has 4 fully saturated rings. The quantitative estimate of drug-likeness (QED) is 0.0680. The standard InChI is InChI=1S/C30H52N4O23S/c1-8(38)32-16-21(43)26(14(51-27(16)46)7-50-58(47,48)49)57-30-18(34-10(3)40)23(45)25(13(6-37)54-30)56-29-17(33-9(2)39)22(44)24(12(5-36)53-29)55-28-15(31)20(42)19(41)11(4-35)52-28/h11-30,35-37,41-46H,4-7,31H2,1-3H3,(H,32,38)(H,33,39)(H,34,40)(H,47,48,49)/t11-,12-,13-,14-,15-,16-,17-,18+,19-,20?,21?,22?,23?,24-,25-,26-,27?,28+,29+,30+/m1/s1. The van der Waals surface area contributed by atoms with Crippen LogP contribution in [0.2, 0.25) is 0 Å². The van der Waals surface area contributed by atoms with Gasteiger partial charge in [-0.15, -0.1) is 0 Å². The minimum Gasteiger partial charge on any atom is -0.394 e. The van der Waals surface area contributed by atoms with Crippen molar-refractivity contribution in [2.75, 3.05) is 26.4 Å². The smallest absolute Gasteiger partial charge is 0.394 e. The molecule has 15 N–H and O–H groups in total. The van der Waals surface area contributed by atoms with Gasteiger partial charge in [-0.05, 0) is 0 Å². The van der Waals surface area contributed by atoms with Crippen molar-refractivity contribution in [1.29, 1.82) is 0 Å². The number of carbonyl (C=O) groups excluding carboxylic acids is 3. The number of aliphatic hydroxyl groups is 9. The number of nitrogens with one attached hydrogen (secondary N) is 3. The molecule has 4 aliphatic heterocycles. The first-order valence-electron chi connectivity index (χ1n) is 17.8. The highest BCUT2D eigenvalue weighted by molar-refractivity contribution is 7.80. The monoisotopic (exact) mass is 868 g/mol. The minimum absolute atomic E-state index is 0.757. The Morgan fingerprint density at radius 1 is 0.569 bits per heavy atom. The summed E-state index contributed by atoms with van der Waals surface area (Å²) in [4.78, 5) is 36.6. The van der Waals surface area contributed by atoms with Gasteiger partial charge in [0.2, 0.25) is 17.7 Å². The van der Waals surface area contributed by atoms with Gasteiger partial charge in [0.05, 0.1) is 32.5 Å². The van der Waals surface area contributed by atoms with E-state index in [1.54, 1.807) is 0 Å². The van der Waals surface area contributed by atoms with Gasteiger partial charge in [0.25, 0.3) is 0 Å². The molecule has 0 saturated carbocycles. The summed E-state index contributed by atoms with van der Waals surface area (Å²) in [6.07, 6.45) is -28.0. The van der Waals surface area contributed by atoms with E-state index in [2.05, 4.69) is 20.1 Å². The molecule has 0 bridgehead atoms. The van der Waals surface area contributed by atoms with Crippen LogP contribution in [0.4, 0.5) is 0 Å². The number of amides is 3. The second-order valence-electron chi connectivity index (χ2n) is 14.0. The zero-order valence-corrected chi connectivity index (χ0v) is 32.0. The lowest BCUT2D eigenvalue weighted by Crippen LogP contribution is -2.71. The molecular weight excluding hydrogens is 816 g/mol. The first-order chi connectivity index (χ1) is 27.1. The first kappa shape index (κ1) is 48.3. The maximum atomic E-state index is 12.4. The molecule has 27 nitrogen and oxygen atoms in total. The molecule has 0 aromatic carbocycles. The third-order valence-corrected chi connectivity index (χ3v) is 10.1. The lowest BCUT2D eigenvalue weighted by Gasteiger charge is -2.50. The predicted octanol–water partition coefficient (Wildman–Crippen LogP) is -9.52. The van der Waals surface area contributed by atoms with E-state index in [9.17, 15) is 68.8 Å². The van der Waals surface area contributed by atoms with Crippen LogP contribution >= 0.6 is 0 Å². The summed E-state index contributed by atoms with van der Waals surface area (Å²) in [6, 6.07) is -6.41. The molecule has 4 saturated heterocycles. The van der Waals surface area contributed by atoms with Crippen molar-refractivity contribution in [3.8, 4) is 0 Å². The van der Waals surface area contributed by atoms with Gasteiger partial charge < -0.3 is 101 Å². The molecule has 0 radical (unpaired) electrons. The summed E-state index contributed by atoms with van der Waals surface area (Å²) in [5.41, 5.74) is 5.97. The summed E-state index contributed by atoms with van der Waals surface area (Å²) < 4.78 is 76.4. The van der Waals surface area contributed by atoms with Gasteiger partial charge in [-0.1, -0.05) is 0 Å². The topological polar surface area (TPSA) is 424 Å². The zero-order valence-electron chi connectivity index (χ0n) is 31.1. The Bertz CT molecular complexity index is 1500. The van der Waals surface area contributed by atoms with Crippen LogP contribution in [-0.4, -0.2) is 226 Å². The molecule has 5 unspecified atom stereocenters. The van der Waals surface area contributed by atoms with Gasteiger partial charge >= 0.3 is 10.4 Å². The molecule has 0 spiro atoms. The third-order valence-electron chi connectivity index (χ3n) is 9.69. The van der Waals surface area contributed by atoms with E-state index in [1.165, 1.54) is 0 Å². The Hall–Kier alpha value is -2.40. The van der Waals surface area contributed by atoms with Gasteiger partial charge in [0, 0.05) is 20.8 Å². The molecule has 28 heteroatoms. The van der Waals surface area contributed by atoms with Crippen molar-refractivity contribution in [3.63, 3.8) is 0 Å². The van der Waals surface area contributed by atoms with Crippen molar-refractivity contribution >= 4 is 28.1 Å². The van der Waals surface area contributed by atoms with Crippen molar-refractivity contribution in [2.24, 2.45) is 5.73 Å². The van der Waals surface area contributed by atoms with Crippen LogP contribution in [0.25, 0.3) is 0 Å². The molecule has 0 aromatic rings. The Labute approximate surface area is 330 Å². The summed E-state index contributed by atoms with van der Waals surface area (Å²) in [7, 11) is -5.13. The van der Waals surface area contributed by atoms with Gasteiger partial charge in [-0.2, -0.15) is 8.42 Å². The number of nitrogens with two attached hydrogens (primary N) is 1. The molecule has 58 heavy (non-hydrogen) atoms. The normalized spacial score (nSPS) is 43.6. The van der Waals surface area contributed by atoms with Crippen LogP contribution in [0.1, 0.15) is 20.8 Å². The maximum absolute atomic E-state index is 12.4. The van der Waals surface area contributed by atoms with Crippen LogP contribution in [0.5, 0.6) is 0 Å². The molecule has 0 aliphatic carbocycles. The Kier molecular flexibility index (Phi) is 17.0. The molecule has 336 valence electrons. The number of ether oxygens (including phenoxy) is 7. The van der Waals surface area contributed by atoms with Gasteiger partial charge in [-0.3, -0.25) is 18.9 Å². The minimum atomic E-state index is -5.13. The molecule has 3 amide bonds. The molecule has 4 aliphatic rings. The van der Waals surface area contributed by atoms with E-state index in [4.69, 9.17) is 43.4 Å². The summed E-state index contributed by atoms with van der Waals surface area (Å²) in [5, 5.41) is 103. The van der Waals surface area contributed by atoms with Crippen molar-refractivity contribution in [2.45, 2.75) is 143 Å². The van der Waals surface area contributed by atoms with Crippen LogP contribution in [0.15, 0.2) is 0 Å². The average Bonchev–Trinajstić information content (AvgIpc) is 3.14. The summed E-state index contributed by atoms with van der Waals surface area (Å²) in [6.45, 7) is -0.659. The highest BCUT2D eigenvalue weighted by Gasteiger charge is 2.56. The molecule has 4 rings (SSSR count). The van der Waals surface area contributed by atoms with Crippen LogP contribution in [-0.2, 0) is 62.1 Å². The first-order valence-corrected chi connectivity index (χ1v) is 19.2. The fourth-order valence-electron chi connectivity index (χ4n) is 6.95. The fraction of sp³-hybridized carbons (Fsp3) is 0.900. The Morgan fingerprint density at radius 3 is 1.36 bits per heavy atom. The fourth-order valence-corrected chi connectivity index (χ4v) is 7.26. The highest BCUT2D eigenvalue weighted by Crippen LogP contribution is 2.34. The SMILES string of the molecule is CC(=O)N[C@H]1C(O)O[C@H](COS(=O)(=O)O)[C@@H](O[C@@H]2O[C@H](CO)[C@@H](O[C@@H]3O[C@H](CO)[C@@H](O[C@@H]4O[C@H](CO)[C@@H](O)C(O)[C@H]4N)C(O)[C@H]3NC(C)=O)C(O)[C@@H]2NC(C)=O)C1O. The Balaban J connectivity index is 1.62. The average molecular weight is 869 g/mol. The van der Waals surface area contributed by atoms with E-state index in [1.807, 2.05) is 0 Å². The van der Waals surface area contributed by atoms with E-state index >= 15 is 0 Å². The molecule has 4 heterocycles. The van der Waals surface area contributed by atoms with Crippen molar-refractivity contribution < 1.29 is 111 Å². The lowest BCUT2D eigenvalue weighted by atomic mass is 9.93. The number of aliphatic hydroxyl groups excluding tert-OH is 9. The lowest BCUT2D eigenvalue weighted by molar-refractivity contribution is -0.361. The number of rotatable bonds is 15. The Morgan fingerprint density at radius 2 is 0.948 bits per heavy atom. The van der Waals surface area contributed by atoms with Gasteiger partial charge in [-0.25, -0.2) is 4.18 Å². The second kappa shape index (κ2) is 20.4. The highest BCUT2D eigenvalue weighted by atomic mass is 32.3. The molecule has 20 atom stereocenters. The predicted molar refractivity (Wildman–Crippen MR) is 181 cm³/mol. The second-order valence-corrected chi connectivity index (χ2v) is 15.1. The number of hydrogen-bond acceptors (Lipinski definition) is 23. The van der Waals surface area contributed by atoms with E-state index < -0.39 is 177 Å². The van der Waals surface area contributed by atoms with E-state index in [-0.39, 0.29) is 0 Å². The molecular formula is C30H52N4O23S. The number of carbonyl (C=O) groups is 3. The van der Waals surface area contributed by atoms with Gasteiger partial charge in [0.15, 0.2) is 25.2 Å².